The molecule has 1 amide bonds. The van der Waals surface area contributed by atoms with Crippen LogP contribution >= 0.6 is 0 Å². The number of carbonyl (C=O) groups is 1. The summed E-state index contributed by atoms with van der Waals surface area (Å²) >= 11 is 0. The van der Waals surface area contributed by atoms with Crippen LogP contribution in [-0.4, -0.2) is 26.7 Å². The molecule has 2 heterocycles. The number of nitriles is 1. The number of nitrogens with zero attached hydrogens (tertiary/aromatic N) is 4. The SMILES string of the molecule is CC(C)NC(=O)/C(C#N)=C/c1cn(-c2ccccc2)nc1-c1cccnc1. The van der Waals surface area contributed by atoms with Crippen LogP contribution in [0.25, 0.3) is 23.0 Å². The van der Waals surface area contributed by atoms with Gasteiger partial charge >= 0.3 is 0 Å². The first-order valence-electron chi connectivity index (χ1n) is 8.56. The largest absolute Gasteiger partial charge is 0.349 e. The first-order chi connectivity index (χ1) is 13.1. The molecule has 2 aromatic heterocycles. The zero-order valence-electron chi connectivity index (χ0n) is 15.1. The summed E-state index contributed by atoms with van der Waals surface area (Å²) in [5.74, 6) is -0.405. The predicted octanol–water partition coefficient (Wildman–Crippen LogP) is 3.37. The first kappa shape index (κ1) is 18.1. The maximum atomic E-state index is 12.3. The van der Waals surface area contributed by atoms with Crippen molar-refractivity contribution in [3.05, 3.63) is 72.2 Å². The normalized spacial score (nSPS) is 11.3. The zero-order valence-corrected chi connectivity index (χ0v) is 15.1. The number of rotatable bonds is 5. The number of nitrogens with one attached hydrogen (secondary N) is 1. The fraction of sp³-hybridized carbons (Fsp3) is 0.143. The third-order valence-corrected chi connectivity index (χ3v) is 3.78. The molecule has 0 aliphatic rings. The third-order valence-electron chi connectivity index (χ3n) is 3.78. The highest BCUT2D eigenvalue weighted by Gasteiger charge is 2.15. The van der Waals surface area contributed by atoms with E-state index < -0.39 is 5.91 Å². The van der Waals surface area contributed by atoms with Crippen LogP contribution in [0.3, 0.4) is 0 Å². The molecule has 0 saturated carbocycles. The van der Waals surface area contributed by atoms with Gasteiger partial charge in [0, 0.05) is 35.8 Å². The molecule has 3 rings (SSSR count). The maximum absolute atomic E-state index is 12.3. The van der Waals surface area contributed by atoms with Crippen molar-refractivity contribution >= 4 is 12.0 Å². The monoisotopic (exact) mass is 357 g/mol. The lowest BCUT2D eigenvalue weighted by Crippen LogP contribution is -2.30. The highest BCUT2D eigenvalue weighted by Crippen LogP contribution is 2.25. The summed E-state index contributed by atoms with van der Waals surface area (Å²) in [5, 5.41) is 16.8. The highest BCUT2D eigenvalue weighted by atomic mass is 16.1. The van der Waals surface area contributed by atoms with Crippen molar-refractivity contribution in [1.29, 1.82) is 5.26 Å². The summed E-state index contributed by atoms with van der Waals surface area (Å²) in [7, 11) is 0. The van der Waals surface area contributed by atoms with Gasteiger partial charge in [0.2, 0.25) is 0 Å². The molecule has 0 spiro atoms. The molecule has 0 aliphatic carbocycles. The molecule has 27 heavy (non-hydrogen) atoms. The summed E-state index contributed by atoms with van der Waals surface area (Å²) < 4.78 is 1.73. The van der Waals surface area contributed by atoms with Crippen LogP contribution in [0.4, 0.5) is 0 Å². The molecular weight excluding hydrogens is 338 g/mol. The fourth-order valence-electron chi connectivity index (χ4n) is 2.58. The Morgan fingerprint density at radius 2 is 2.00 bits per heavy atom. The molecule has 0 bridgehead atoms. The average molecular weight is 357 g/mol. The van der Waals surface area contributed by atoms with Gasteiger partial charge in [0.25, 0.3) is 5.91 Å². The first-order valence-corrected chi connectivity index (χ1v) is 8.56. The van der Waals surface area contributed by atoms with E-state index in [2.05, 4.69) is 15.4 Å². The summed E-state index contributed by atoms with van der Waals surface area (Å²) in [6, 6.07) is 15.3. The summed E-state index contributed by atoms with van der Waals surface area (Å²) in [4.78, 5) is 16.4. The molecule has 0 unspecified atom stereocenters. The lowest BCUT2D eigenvalue weighted by atomic mass is 10.1. The summed E-state index contributed by atoms with van der Waals surface area (Å²) in [5.41, 5.74) is 3.04. The fourth-order valence-corrected chi connectivity index (χ4v) is 2.58. The minimum Gasteiger partial charge on any atom is -0.349 e. The summed E-state index contributed by atoms with van der Waals surface area (Å²) in [6.45, 7) is 3.70. The van der Waals surface area contributed by atoms with Gasteiger partial charge < -0.3 is 5.32 Å². The Bertz CT molecular complexity index is 998. The number of amides is 1. The van der Waals surface area contributed by atoms with Crippen molar-refractivity contribution in [3.8, 4) is 23.0 Å². The number of para-hydroxylation sites is 1. The number of benzene rings is 1. The quantitative estimate of drug-likeness (QED) is 0.560. The van der Waals surface area contributed by atoms with Gasteiger partial charge in [0.05, 0.1) is 5.69 Å². The van der Waals surface area contributed by atoms with Gasteiger partial charge in [-0.25, -0.2) is 4.68 Å². The molecule has 0 radical (unpaired) electrons. The van der Waals surface area contributed by atoms with Crippen LogP contribution in [0.2, 0.25) is 0 Å². The molecule has 1 aromatic carbocycles. The van der Waals surface area contributed by atoms with Gasteiger partial charge in [0.15, 0.2) is 0 Å². The lowest BCUT2D eigenvalue weighted by molar-refractivity contribution is -0.117. The van der Waals surface area contributed by atoms with E-state index in [4.69, 9.17) is 0 Å². The molecule has 0 fully saturated rings. The van der Waals surface area contributed by atoms with E-state index in [0.29, 0.717) is 11.3 Å². The van der Waals surface area contributed by atoms with Crippen LogP contribution < -0.4 is 5.32 Å². The topological polar surface area (TPSA) is 83.6 Å². The Morgan fingerprint density at radius 1 is 1.22 bits per heavy atom. The average Bonchev–Trinajstić information content (AvgIpc) is 3.11. The van der Waals surface area contributed by atoms with Gasteiger partial charge in [-0.15, -0.1) is 0 Å². The zero-order chi connectivity index (χ0) is 19.2. The van der Waals surface area contributed by atoms with E-state index in [1.54, 1.807) is 29.3 Å². The minimum atomic E-state index is -0.405. The number of hydrogen-bond donors (Lipinski definition) is 1. The molecule has 1 N–H and O–H groups in total. The van der Waals surface area contributed by atoms with E-state index in [1.165, 1.54) is 0 Å². The van der Waals surface area contributed by atoms with Crippen molar-refractivity contribution in [1.82, 2.24) is 20.1 Å². The van der Waals surface area contributed by atoms with E-state index in [-0.39, 0.29) is 11.6 Å². The highest BCUT2D eigenvalue weighted by molar-refractivity contribution is 6.02. The lowest BCUT2D eigenvalue weighted by Gasteiger charge is -2.06. The second-order valence-corrected chi connectivity index (χ2v) is 6.25. The minimum absolute atomic E-state index is 0.0291. The smallest absolute Gasteiger partial charge is 0.262 e. The van der Waals surface area contributed by atoms with E-state index in [1.807, 2.05) is 62.4 Å². The molecule has 0 atom stereocenters. The van der Waals surface area contributed by atoms with E-state index >= 15 is 0 Å². The second kappa shape index (κ2) is 8.11. The summed E-state index contributed by atoms with van der Waals surface area (Å²) in [6.07, 6.45) is 6.75. The van der Waals surface area contributed by atoms with E-state index in [9.17, 15) is 10.1 Å². The van der Waals surface area contributed by atoms with Crippen LogP contribution in [0.15, 0.2) is 66.6 Å². The molecule has 3 aromatic rings. The van der Waals surface area contributed by atoms with Gasteiger partial charge in [-0.05, 0) is 44.2 Å². The van der Waals surface area contributed by atoms with Crippen LogP contribution in [0, 0.1) is 11.3 Å². The van der Waals surface area contributed by atoms with Crippen molar-refractivity contribution < 1.29 is 4.79 Å². The van der Waals surface area contributed by atoms with Gasteiger partial charge in [-0.1, -0.05) is 18.2 Å². The van der Waals surface area contributed by atoms with Crippen molar-refractivity contribution in [2.75, 3.05) is 0 Å². The van der Waals surface area contributed by atoms with Crippen molar-refractivity contribution in [3.63, 3.8) is 0 Å². The Kier molecular flexibility index (Phi) is 5.43. The molecule has 134 valence electrons. The van der Waals surface area contributed by atoms with Gasteiger partial charge in [0.1, 0.15) is 17.3 Å². The second-order valence-electron chi connectivity index (χ2n) is 6.25. The van der Waals surface area contributed by atoms with Gasteiger partial charge in [-0.3, -0.25) is 9.78 Å². The maximum Gasteiger partial charge on any atom is 0.262 e. The predicted molar refractivity (Wildman–Crippen MR) is 104 cm³/mol. The Labute approximate surface area is 157 Å². The number of aromatic nitrogens is 3. The molecule has 6 heteroatoms. The molecule has 0 aliphatic heterocycles. The van der Waals surface area contributed by atoms with Crippen LogP contribution in [0.5, 0.6) is 0 Å². The number of carbonyl (C=O) groups excluding carboxylic acids is 1. The standard InChI is InChI=1S/C21H19N5O/c1-15(2)24-21(27)17(12-22)11-18-14-26(19-8-4-3-5-9-19)25-20(18)16-7-6-10-23-13-16/h3-11,13-15H,1-2H3,(H,24,27)/b17-11+. The molecule has 6 nitrogen and oxygen atoms in total. The van der Waals surface area contributed by atoms with E-state index in [0.717, 1.165) is 11.3 Å². The number of pyridine rings is 1. The third kappa shape index (κ3) is 4.28. The molecular formula is C21H19N5O. The van der Waals surface area contributed by atoms with Crippen LogP contribution in [-0.2, 0) is 4.79 Å². The number of hydrogen-bond acceptors (Lipinski definition) is 4. The van der Waals surface area contributed by atoms with Crippen LogP contribution in [0.1, 0.15) is 19.4 Å². The van der Waals surface area contributed by atoms with Crippen molar-refractivity contribution in [2.45, 2.75) is 19.9 Å². The Morgan fingerprint density at radius 3 is 2.63 bits per heavy atom. The van der Waals surface area contributed by atoms with Crippen molar-refractivity contribution in [2.24, 2.45) is 0 Å². The Balaban J connectivity index is 2.10. The van der Waals surface area contributed by atoms with Gasteiger partial charge in [-0.2, -0.15) is 10.4 Å². The molecule has 0 saturated heterocycles. The Hall–Kier alpha value is -3.72.